The predicted octanol–water partition coefficient (Wildman–Crippen LogP) is 1.73. The van der Waals surface area contributed by atoms with E-state index >= 15 is 0 Å². The third-order valence-electron chi connectivity index (χ3n) is 1.51. The van der Waals surface area contributed by atoms with E-state index in [0.717, 1.165) is 6.07 Å². The lowest BCUT2D eigenvalue weighted by atomic mass is 10.3. The van der Waals surface area contributed by atoms with E-state index in [1.54, 1.807) is 0 Å². The van der Waals surface area contributed by atoms with Crippen LogP contribution >= 0.6 is 11.6 Å². The largest absolute Gasteiger partial charge is 0.493 e. The van der Waals surface area contributed by atoms with E-state index < -0.39 is 11.7 Å². The zero-order chi connectivity index (χ0) is 10.6. The molecule has 0 saturated heterocycles. The molecule has 1 aromatic carbocycles. The average Bonchev–Trinajstić information content (AvgIpc) is 2.10. The Morgan fingerprint density at radius 3 is 2.86 bits per heavy atom. The Morgan fingerprint density at radius 2 is 2.29 bits per heavy atom. The van der Waals surface area contributed by atoms with E-state index in [9.17, 15) is 9.18 Å². The van der Waals surface area contributed by atoms with Crippen LogP contribution in [0, 0.1) is 5.82 Å². The first-order valence-electron chi connectivity index (χ1n) is 3.96. The Hall–Kier alpha value is -1.29. The minimum Gasteiger partial charge on any atom is -0.493 e. The number of amides is 1. The van der Waals surface area contributed by atoms with Gasteiger partial charge in [-0.3, -0.25) is 4.79 Å². The lowest BCUT2D eigenvalue weighted by Crippen LogP contribution is -2.14. The van der Waals surface area contributed by atoms with Crippen LogP contribution in [0.1, 0.15) is 6.42 Å². The van der Waals surface area contributed by atoms with Crippen molar-refractivity contribution in [3.05, 3.63) is 29.0 Å². The molecule has 3 nitrogen and oxygen atoms in total. The van der Waals surface area contributed by atoms with Crippen LogP contribution in [-0.4, -0.2) is 12.5 Å². The third kappa shape index (κ3) is 3.22. The Labute approximate surface area is 85.6 Å². The van der Waals surface area contributed by atoms with Crippen LogP contribution in [0.2, 0.25) is 5.02 Å². The van der Waals surface area contributed by atoms with E-state index in [1.165, 1.54) is 12.1 Å². The second-order valence-electron chi connectivity index (χ2n) is 2.64. The Kier molecular flexibility index (Phi) is 3.71. The molecule has 0 bridgehead atoms. The number of carbonyl (C=O) groups is 1. The van der Waals surface area contributed by atoms with Gasteiger partial charge in [0.15, 0.2) is 0 Å². The van der Waals surface area contributed by atoms with Crippen LogP contribution in [0.5, 0.6) is 5.75 Å². The molecule has 0 aliphatic heterocycles. The molecular formula is C9H9ClFNO2. The second-order valence-corrected chi connectivity index (χ2v) is 3.05. The number of hydrogen-bond acceptors (Lipinski definition) is 2. The number of ether oxygens (including phenoxy) is 1. The number of primary amides is 1. The summed E-state index contributed by atoms with van der Waals surface area (Å²) in [5.74, 6) is -0.684. The van der Waals surface area contributed by atoms with Gasteiger partial charge in [0.2, 0.25) is 5.91 Å². The molecule has 0 aliphatic carbocycles. The molecule has 2 N–H and O–H groups in total. The zero-order valence-electron chi connectivity index (χ0n) is 7.30. The predicted molar refractivity (Wildman–Crippen MR) is 50.7 cm³/mol. The molecule has 0 unspecified atom stereocenters. The molecule has 0 aliphatic rings. The molecule has 1 aromatic rings. The van der Waals surface area contributed by atoms with Gasteiger partial charge in [-0.2, -0.15) is 0 Å². The number of hydrogen-bond donors (Lipinski definition) is 1. The number of nitrogens with two attached hydrogens (primary N) is 1. The van der Waals surface area contributed by atoms with Crippen molar-refractivity contribution in [3.8, 4) is 5.75 Å². The summed E-state index contributed by atoms with van der Waals surface area (Å²) in [6, 6.07) is 4.06. The summed E-state index contributed by atoms with van der Waals surface area (Å²) in [6.45, 7) is 0.135. The van der Waals surface area contributed by atoms with Crippen LogP contribution in [0.4, 0.5) is 4.39 Å². The van der Waals surface area contributed by atoms with Crippen molar-refractivity contribution in [2.45, 2.75) is 6.42 Å². The first-order valence-corrected chi connectivity index (χ1v) is 4.33. The Balaban J connectivity index is 2.51. The van der Waals surface area contributed by atoms with Crippen LogP contribution in [0.25, 0.3) is 0 Å². The van der Waals surface area contributed by atoms with E-state index in [1.807, 2.05) is 0 Å². The molecule has 14 heavy (non-hydrogen) atoms. The fourth-order valence-electron chi connectivity index (χ4n) is 0.836. The minimum absolute atomic E-state index is 0.0345. The van der Waals surface area contributed by atoms with Crippen molar-refractivity contribution in [2.24, 2.45) is 5.73 Å². The molecule has 0 atom stereocenters. The van der Waals surface area contributed by atoms with Crippen molar-refractivity contribution in [1.29, 1.82) is 0 Å². The van der Waals surface area contributed by atoms with Crippen molar-refractivity contribution < 1.29 is 13.9 Å². The smallest absolute Gasteiger partial charge is 0.220 e. The van der Waals surface area contributed by atoms with Gasteiger partial charge in [0, 0.05) is 6.07 Å². The summed E-state index contributed by atoms with van der Waals surface area (Å²) in [6.07, 6.45) is 0.101. The Bertz CT molecular complexity index is 344. The van der Waals surface area contributed by atoms with Gasteiger partial charge in [0.1, 0.15) is 11.6 Å². The van der Waals surface area contributed by atoms with E-state index in [2.05, 4.69) is 0 Å². The van der Waals surface area contributed by atoms with Gasteiger partial charge >= 0.3 is 0 Å². The normalized spacial score (nSPS) is 9.86. The highest BCUT2D eigenvalue weighted by atomic mass is 35.5. The monoisotopic (exact) mass is 217 g/mol. The van der Waals surface area contributed by atoms with Gasteiger partial charge in [-0.15, -0.1) is 0 Å². The summed E-state index contributed by atoms with van der Waals surface area (Å²) < 4.78 is 17.9. The molecule has 1 rings (SSSR count). The molecule has 1 amide bonds. The topological polar surface area (TPSA) is 52.3 Å². The molecule has 0 saturated carbocycles. The molecular weight excluding hydrogens is 209 g/mol. The van der Waals surface area contributed by atoms with Gasteiger partial charge in [-0.25, -0.2) is 4.39 Å². The summed E-state index contributed by atoms with van der Waals surface area (Å²) in [5.41, 5.74) is 4.90. The van der Waals surface area contributed by atoms with Crippen LogP contribution < -0.4 is 10.5 Å². The summed E-state index contributed by atoms with van der Waals surface area (Å²) in [4.78, 5) is 10.4. The fourth-order valence-corrected chi connectivity index (χ4v) is 0.954. The summed E-state index contributed by atoms with van der Waals surface area (Å²) in [7, 11) is 0. The number of carbonyl (C=O) groups excluding carboxylic acids is 1. The van der Waals surface area contributed by atoms with Gasteiger partial charge in [-0.1, -0.05) is 11.6 Å². The van der Waals surface area contributed by atoms with Crippen molar-refractivity contribution in [3.63, 3.8) is 0 Å². The molecule has 0 heterocycles. The SMILES string of the molecule is NC(=O)CCOc1ccc(Cl)c(F)c1. The zero-order valence-corrected chi connectivity index (χ0v) is 8.05. The highest BCUT2D eigenvalue weighted by molar-refractivity contribution is 6.30. The van der Waals surface area contributed by atoms with Crippen molar-refractivity contribution in [2.75, 3.05) is 6.61 Å². The first-order chi connectivity index (χ1) is 6.59. The van der Waals surface area contributed by atoms with E-state index in [-0.39, 0.29) is 18.1 Å². The van der Waals surface area contributed by atoms with Crippen LogP contribution in [0.15, 0.2) is 18.2 Å². The number of rotatable bonds is 4. The maximum absolute atomic E-state index is 12.9. The number of benzene rings is 1. The van der Waals surface area contributed by atoms with Gasteiger partial charge < -0.3 is 10.5 Å². The molecule has 5 heteroatoms. The first kappa shape index (κ1) is 10.8. The molecule has 0 spiro atoms. The minimum atomic E-state index is -0.553. The highest BCUT2D eigenvalue weighted by Gasteiger charge is 2.02. The summed E-state index contributed by atoms with van der Waals surface area (Å²) >= 11 is 5.46. The van der Waals surface area contributed by atoms with E-state index in [4.69, 9.17) is 22.1 Å². The van der Waals surface area contributed by atoms with Gasteiger partial charge in [-0.05, 0) is 12.1 Å². The fraction of sp³-hybridized carbons (Fsp3) is 0.222. The van der Waals surface area contributed by atoms with E-state index in [0.29, 0.717) is 5.75 Å². The molecule has 0 radical (unpaired) electrons. The van der Waals surface area contributed by atoms with Crippen molar-refractivity contribution in [1.82, 2.24) is 0 Å². The maximum Gasteiger partial charge on any atom is 0.220 e. The van der Waals surface area contributed by atoms with Crippen LogP contribution in [0.3, 0.4) is 0 Å². The lowest BCUT2D eigenvalue weighted by Gasteiger charge is -2.04. The van der Waals surface area contributed by atoms with Gasteiger partial charge in [0.05, 0.1) is 18.1 Å². The standard InChI is InChI=1S/C9H9ClFNO2/c10-7-2-1-6(5-8(7)11)14-4-3-9(12)13/h1-2,5H,3-4H2,(H2,12,13). The summed E-state index contributed by atoms with van der Waals surface area (Å²) in [5, 5.41) is 0.0345. The Morgan fingerprint density at radius 1 is 1.57 bits per heavy atom. The van der Waals surface area contributed by atoms with Crippen molar-refractivity contribution >= 4 is 17.5 Å². The number of halogens is 2. The quantitative estimate of drug-likeness (QED) is 0.835. The highest BCUT2D eigenvalue weighted by Crippen LogP contribution is 2.20. The molecule has 0 fully saturated rings. The van der Waals surface area contributed by atoms with Crippen LogP contribution in [-0.2, 0) is 4.79 Å². The lowest BCUT2D eigenvalue weighted by molar-refractivity contribution is -0.118. The van der Waals surface area contributed by atoms with Gasteiger partial charge in [0.25, 0.3) is 0 Å². The molecule has 0 aromatic heterocycles. The molecule has 76 valence electrons. The second kappa shape index (κ2) is 4.81. The maximum atomic E-state index is 12.9. The average molecular weight is 218 g/mol. The third-order valence-corrected chi connectivity index (χ3v) is 1.81.